The summed E-state index contributed by atoms with van der Waals surface area (Å²) in [5.41, 5.74) is 5.16. The van der Waals surface area contributed by atoms with E-state index >= 15 is 0 Å². The molecule has 4 aliphatic carbocycles. The maximum atomic E-state index is 11.7. The molecule has 2 heteroatoms. The highest BCUT2D eigenvalue weighted by molar-refractivity contribution is 5.91. The van der Waals surface area contributed by atoms with Crippen LogP contribution in [0.1, 0.15) is 65.2 Å². The minimum atomic E-state index is -0.135. The molecular formula is C19H26O2. The summed E-state index contributed by atoms with van der Waals surface area (Å²) in [5.74, 6) is 0.909. The Bertz CT molecular complexity index is 570. The van der Waals surface area contributed by atoms with E-state index in [4.69, 9.17) is 0 Å². The molecule has 21 heavy (non-hydrogen) atoms. The van der Waals surface area contributed by atoms with Gasteiger partial charge >= 0.3 is 0 Å². The fourth-order valence-electron chi connectivity index (χ4n) is 5.89. The molecule has 4 rings (SSSR count). The van der Waals surface area contributed by atoms with E-state index in [2.05, 4.69) is 13.8 Å². The Morgan fingerprint density at radius 1 is 1.14 bits per heavy atom. The molecule has 114 valence electrons. The van der Waals surface area contributed by atoms with Crippen molar-refractivity contribution in [2.24, 2.45) is 16.7 Å². The fourth-order valence-corrected chi connectivity index (χ4v) is 5.89. The Kier molecular flexibility index (Phi) is 2.83. The zero-order chi connectivity index (χ0) is 14.8. The smallest absolute Gasteiger partial charge is 0.155 e. The number of carbonyl (C=O) groups is 1. The van der Waals surface area contributed by atoms with Crippen LogP contribution in [0.4, 0.5) is 0 Å². The topological polar surface area (TPSA) is 37.3 Å². The third-order valence-corrected chi connectivity index (χ3v) is 7.01. The number of hydrogen-bond donors (Lipinski definition) is 1. The van der Waals surface area contributed by atoms with E-state index in [1.165, 1.54) is 18.4 Å². The third kappa shape index (κ3) is 1.84. The molecule has 0 aromatic heterocycles. The molecule has 0 heterocycles. The second-order valence-corrected chi connectivity index (χ2v) is 8.27. The van der Waals surface area contributed by atoms with Gasteiger partial charge in [0.25, 0.3) is 0 Å². The SMILES string of the molecule is C[C@]12CC[C@@]3(C)C(=C1C[C@H](O)C2)CCC1=CC(=O)CC[C@@H]13. The number of aliphatic hydroxyl groups is 1. The van der Waals surface area contributed by atoms with Gasteiger partial charge in [0.05, 0.1) is 6.10 Å². The van der Waals surface area contributed by atoms with Crippen LogP contribution < -0.4 is 0 Å². The molecule has 4 aliphatic rings. The van der Waals surface area contributed by atoms with E-state index in [1.807, 2.05) is 6.08 Å². The summed E-state index contributed by atoms with van der Waals surface area (Å²) in [6, 6.07) is 0. The van der Waals surface area contributed by atoms with E-state index in [9.17, 15) is 9.90 Å². The van der Waals surface area contributed by atoms with Gasteiger partial charge in [0.1, 0.15) is 0 Å². The van der Waals surface area contributed by atoms with Crippen LogP contribution in [0.2, 0.25) is 0 Å². The van der Waals surface area contributed by atoms with Crippen molar-refractivity contribution in [3.8, 4) is 0 Å². The second-order valence-electron chi connectivity index (χ2n) is 8.27. The molecule has 0 aliphatic heterocycles. The Hall–Kier alpha value is -0.890. The monoisotopic (exact) mass is 286 g/mol. The normalized spacial score (nSPS) is 45.9. The lowest BCUT2D eigenvalue weighted by molar-refractivity contribution is -0.115. The van der Waals surface area contributed by atoms with Crippen LogP contribution in [0.5, 0.6) is 0 Å². The highest BCUT2D eigenvalue weighted by atomic mass is 16.3. The van der Waals surface area contributed by atoms with Crippen LogP contribution in [0, 0.1) is 16.7 Å². The van der Waals surface area contributed by atoms with E-state index in [1.54, 1.807) is 11.1 Å². The summed E-state index contributed by atoms with van der Waals surface area (Å²) in [7, 11) is 0. The minimum Gasteiger partial charge on any atom is -0.393 e. The van der Waals surface area contributed by atoms with Crippen molar-refractivity contribution in [3.05, 3.63) is 22.8 Å². The van der Waals surface area contributed by atoms with Gasteiger partial charge in [-0.1, -0.05) is 30.6 Å². The summed E-state index contributed by atoms with van der Waals surface area (Å²) in [5, 5.41) is 10.2. The van der Waals surface area contributed by atoms with Gasteiger partial charge in [0.2, 0.25) is 0 Å². The van der Waals surface area contributed by atoms with E-state index in [-0.39, 0.29) is 16.9 Å². The highest BCUT2D eigenvalue weighted by Crippen LogP contribution is 2.63. The number of hydrogen-bond acceptors (Lipinski definition) is 2. The molecule has 0 amide bonds. The number of ketones is 1. The van der Waals surface area contributed by atoms with Gasteiger partial charge in [-0.05, 0) is 67.8 Å². The molecule has 0 radical (unpaired) electrons. The lowest BCUT2D eigenvalue weighted by atomic mass is 9.52. The Labute approximate surface area is 127 Å². The summed E-state index contributed by atoms with van der Waals surface area (Å²) < 4.78 is 0. The Morgan fingerprint density at radius 3 is 2.76 bits per heavy atom. The number of aliphatic hydroxyl groups excluding tert-OH is 1. The number of rotatable bonds is 0. The number of allylic oxidation sites excluding steroid dienone is 3. The summed E-state index contributed by atoms with van der Waals surface area (Å²) >= 11 is 0. The van der Waals surface area contributed by atoms with Crippen molar-refractivity contribution in [1.29, 1.82) is 0 Å². The van der Waals surface area contributed by atoms with Crippen molar-refractivity contribution in [2.45, 2.75) is 71.3 Å². The van der Waals surface area contributed by atoms with Crippen LogP contribution in [-0.4, -0.2) is 17.0 Å². The van der Waals surface area contributed by atoms with Crippen LogP contribution in [0.15, 0.2) is 22.8 Å². The molecule has 0 bridgehead atoms. The largest absolute Gasteiger partial charge is 0.393 e. The Morgan fingerprint density at radius 2 is 1.95 bits per heavy atom. The maximum Gasteiger partial charge on any atom is 0.155 e. The van der Waals surface area contributed by atoms with Crippen molar-refractivity contribution < 1.29 is 9.90 Å². The van der Waals surface area contributed by atoms with Crippen LogP contribution in [-0.2, 0) is 4.79 Å². The first-order chi connectivity index (χ1) is 9.92. The third-order valence-electron chi connectivity index (χ3n) is 7.01. The van der Waals surface area contributed by atoms with Gasteiger partial charge in [-0.3, -0.25) is 4.79 Å². The van der Waals surface area contributed by atoms with Crippen molar-refractivity contribution in [3.63, 3.8) is 0 Å². The zero-order valence-electron chi connectivity index (χ0n) is 13.2. The van der Waals surface area contributed by atoms with Crippen LogP contribution in [0.3, 0.4) is 0 Å². The quantitative estimate of drug-likeness (QED) is 0.685. The van der Waals surface area contributed by atoms with E-state index in [0.717, 1.165) is 38.5 Å². The second kappa shape index (κ2) is 4.32. The van der Waals surface area contributed by atoms with Gasteiger partial charge in [-0.25, -0.2) is 0 Å². The average molecular weight is 286 g/mol. The number of fused-ring (bicyclic) bond motifs is 4. The first-order valence-corrected chi connectivity index (χ1v) is 8.57. The van der Waals surface area contributed by atoms with Gasteiger partial charge in [0, 0.05) is 6.42 Å². The Balaban J connectivity index is 1.81. The minimum absolute atomic E-state index is 0.135. The molecule has 2 fully saturated rings. The molecule has 0 aromatic rings. The fraction of sp³-hybridized carbons (Fsp3) is 0.737. The molecular weight excluding hydrogens is 260 g/mol. The van der Waals surface area contributed by atoms with E-state index < -0.39 is 0 Å². The lowest BCUT2D eigenvalue weighted by Crippen LogP contribution is -2.42. The molecule has 0 saturated heterocycles. The number of carbonyl (C=O) groups excluding carboxylic acids is 1. The van der Waals surface area contributed by atoms with Gasteiger partial charge in [-0.15, -0.1) is 0 Å². The average Bonchev–Trinajstić information content (AvgIpc) is 2.73. The standard InChI is InChI=1S/C19H26O2/c1-18-7-8-19(2)15-6-4-13(20)9-12(15)3-5-16(19)17(18)10-14(21)11-18/h9,14-15,21H,3-8,10-11H2,1-2H3/t14-,15-,18+,19+/m0/s1. The summed E-state index contributed by atoms with van der Waals surface area (Å²) in [6.07, 6.45) is 10.1. The van der Waals surface area contributed by atoms with Gasteiger partial charge in [0.15, 0.2) is 5.78 Å². The van der Waals surface area contributed by atoms with Gasteiger partial charge in [-0.2, -0.15) is 0 Å². The van der Waals surface area contributed by atoms with Crippen molar-refractivity contribution in [2.75, 3.05) is 0 Å². The van der Waals surface area contributed by atoms with Crippen LogP contribution >= 0.6 is 0 Å². The van der Waals surface area contributed by atoms with Crippen molar-refractivity contribution >= 4 is 5.78 Å². The molecule has 2 nitrogen and oxygen atoms in total. The molecule has 2 saturated carbocycles. The lowest BCUT2D eigenvalue weighted by Gasteiger charge is -2.53. The molecule has 0 aromatic carbocycles. The molecule has 0 spiro atoms. The highest BCUT2D eigenvalue weighted by Gasteiger charge is 2.53. The van der Waals surface area contributed by atoms with E-state index in [0.29, 0.717) is 11.7 Å². The van der Waals surface area contributed by atoms with Crippen LogP contribution in [0.25, 0.3) is 0 Å². The predicted octanol–water partition coefficient (Wildman–Crippen LogP) is 3.94. The van der Waals surface area contributed by atoms with Crippen molar-refractivity contribution in [1.82, 2.24) is 0 Å². The molecule has 4 atom stereocenters. The first-order valence-electron chi connectivity index (χ1n) is 8.57. The molecule has 0 unspecified atom stereocenters. The predicted molar refractivity (Wildman–Crippen MR) is 82.8 cm³/mol. The first kappa shape index (κ1) is 13.8. The van der Waals surface area contributed by atoms with Gasteiger partial charge < -0.3 is 5.11 Å². The zero-order valence-corrected chi connectivity index (χ0v) is 13.2. The molecule has 1 N–H and O–H groups in total. The maximum absolute atomic E-state index is 11.7. The summed E-state index contributed by atoms with van der Waals surface area (Å²) in [4.78, 5) is 11.7. The summed E-state index contributed by atoms with van der Waals surface area (Å²) in [6.45, 7) is 4.80.